The Morgan fingerprint density at radius 1 is 1.21 bits per heavy atom. The van der Waals surface area contributed by atoms with Gasteiger partial charge in [0.1, 0.15) is 12.4 Å². The van der Waals surface area contributed by atoms with E-state index in [0.717, 1.165) is 43.7 Å². The molecule has 1 spiro atoms. The van der Waals surface area contributed by atoms with Crippen molar-refractivity contribution in [3.8, 4) is 5.75 Å². The van der Waals surface area contributed by atoms with Crippen LogP contribution in [-0.4, -0.2) is 19.0 Å². The summed E-state index contributed by atoms with van der Waals surface area (Å²) < 4.78 is 5.89. The van der Waals surface area contributed by atoms with Crippen LogP contribution in [0.3, 0.4) is 0 Å². The number of hydrogen-bond acceptors (Lipinski definition) is 3. The molecule has 0 radical (unpaired) electrons. The monoisotopic (exact) mass is 414 g/mol. The zero-order valence-corrected chi connectivity index (χ0v) is 18.1. The number of halogens is 1. The number of aryl methyl sites for hydroxylation is 1. The van der Waals surface area contributed by atoms with Gasteiger partial charge in [-0.15, -0.1) is 12.4 Å². The molecule has 1 heterocycles. The average Bonchev–Trinajstić information content (AvgIpc) is 3.40. The summed E-state index contributed by atoms with van der Waals surface area (Å²) in [7, 11) is 0. The summed E-state index contributed by atoms with van der Waals surface area (Å²) in [6.45, 7) is 6.79. The van der Waals surface area contributed by atoms with Crippen molar-refractivity contribution in [1.82, 2.24) is 10.6 Å². The van der Waals surface area contributed by atoms with E-state index in [2.05, 4.69) is 48.7 Å². The maximum atomic E-state index is 12.7. The second-order valence-corrected chi connectivity index (χ2v) is 8.45. The molecule has 1 amide bonds. The van der Waals surface area contributed by atoms with E-state index in [1.807, 2.05) is 24.3 Å². The van der Waals surface area contributed by atoms with Crippen molar-refractivity contribution in [3.05, 3.63) is 65.2 Å². The number of carbonyl (C=O) groups is 1. The van der Waals surface area contributed by atoms with Gasteiger partial charge in [0.15, 0.2) is 0 Å². The van der Waals surface area contributed by atoms with Gasteiger partial charge in [-0.25, -0.2) is 0 Å². The lowest BCUT2D eigenvalue weighted by atomic mass is 9.91. The van der Waals surface area contributed by atoms with Crippen LogP contribution in [0.25, 0.3) is 0 Å². The predicted molar refractivity (Wildman–Crippen MR) is 118 cm³/mol. The fourth-order valence-electron chi connectivity index (χ4n) is 4.41. The summed E-state index contributed by atoms with van der Waals surface area (Å²) in [5.74, 6) is 1.27. The third kappa shape index (κ3) is 5.12. The first kappa shape index (κ1) is 21.7. The van der Waals surface area contributed by atoms with Gasteiger partial charge in [0.05, 0.1) is 6.04 Å². The molecule has 2 aromatic rings. The Labute approximate surface area is 179 Å². The quantitative estimate of drug-likeness (QED) is 0.728. The molecule has 1 aliphatic heterocycles. The Kier molecular flexibility index (Phi) is 6.86. The van der Waals surface area contributed by atoms with Crippen molar-refractivity contribution in [2.24, 2.45) is 11.3 Å². The van der Waals surface area contributed by atoms with Crippen LogP contribution >= 0.6 is 12.4 Å². The molecule has 0 bridgehead atoms. The van der Waals surface area contributed by atoms with Crippen LogP contribution < -0.4 is 15.4 Å². The number of benzene rings is 2. The van der Waals surface area contributed by atoms with Crippen molar-refractivity contribution in [3.63, 3.8) is 0 Å². The van der Waals surface area contributed by atoms with Gasteiger partial charge in [0.2, 0.25) is 5.91 Å². The molecule has 1 saturated carbocycles. The van der Waals surface area contributed by atoms with E-state index >= 15 is 0 Å². The van der Waals surface area contributed by atoms with E-state index in [1.165, 1.54) is 11.1 Å². The number of ether oxygens (including phenoxy) is 1. The average molecular weight is 415 g/mol. The van der Waals surface area contributed by atoms with Gasteiger partial charge in [-0.2, -0.15) is 0 Å². The van der Waals surface area contributed by atoms with Crippen molar-refractivity contribution >= 4 is 18.3 Å². The Hall–Kier alpha value is -2.04. The molecule has 2 unspecified atom stereocenters. The molecule has 1 saturated heterocycles. The molecule has 2 atom stereocenters. The fourth-order valence-corrected chi connectivity index (χ4v) is 4.41. The molecule has 2 aromatic carbocycles. The number of rotatable bonds is 6. The van der Waals surface area contributed by atoms with Crippen LogP contribution in [0.15, 0.2) is 48.5 Å². The summed E-state index contributed by atoms with van der Waals surface area (Å²) in [5.41, 5.74) is 3.79. The standard InChI is InChI=1S/C24H30N2O2.ClH/c1-17-4-3-5-19(14-17)16-28-21-8-6-20(7-9-21)18(2)26-23(27)22-15-24(22)10-12-25-13-11-24;/h3-9,14,18,22,25H,10-13,15-16H2,1-2H3,(H,26,27);1H. The first-order valence-electron chi connectivity index (χ1n) is 10.4. The molecule has 2 fully saturated rings. The summed E-state index contributed by atoms with van der Waals surface area (Å²) in [6.07, 6.45) is 3.32. The molecule has 4 rings (SSSR count). The van der Waals surface area contributed by atoms with Crippen molar-refractivity contribution in [2.45, 2.75) is 45.8 Å². The van der Waals surface area contributed by atoms with Crippen LogP contribution in [0.5, 0.6) is 5.75 Å². The SMILES string of the molecule is Cc1cccc(COc2ccc(C(C)NC(=O)C3CC34CCNCC4)cc2)c1.Cl. The molecule has 2 aliphatic rings. The second-order valence-electron chi connectivity index (χ2n) is 8.45. The zero-order chi connectivity index (χ0) is 19.6. The molecule has 29 heavy (non-hydrogen) atoms. The highest BCUT2D eigenvalue weighted by molar-refractivity contribution is 5.85. The number of amides is 1. The molecule has 2 N–H and O–H groups in total. The maximum Gasteiger partial charge on any atom is 0.224 e. The summed E-state index contributed by atoms with van der Waals surface area (Å²) in [4.78, 5) is 12.7. The molecule has 5 heteroatoms. The van der Waals surface area contributed by atoms with Crippen LogP contribution in [-0.2, 0) is 11.4 Å². The molecular formula is C24H31ClN2O2. The van der Waals surface area contributed by atoms with Gasteiger partial charge < -0.3 is 15.4 Å². The first-order chi connectivity index (χ1) is 13.6. The topological polar surface area (TPSA) is 50.4 Å². The number of piperidine rings is 1. The Morgan fingerprint density at radius 2 is 1.93 bits per heavy atom. The first-order valence-corrected chi connectivity index (χ1v) is 10.4. The van der Waals surface area contributed by atoms with Gasteiger partial charge in [0, 0.05) is 5.92 Å². The molecule has 0 aromatic heterocycles. The van der Waals surface area contributed by atoms with Gasteiger partial charge in [-0.1, -0.05) is 42.0 Å². The lowest BCUT2D eigenvalue weighted by Gasteiger charge is -2.24. The minimum Gasteiger partial charge on any atom is -0.489 e. The summed E-state index contributed by atoms with van der Waals surface area (Å²) in [5, 5.41) is 6.60. The number of nitrogens with one attached hydrogen (secondary N) is 2. The lowest BCUT2D eigenvalue weighted by molar-refractivity contribution is -0.123. The maximum absolute atomic E-state index is 12.7. The van der Waals surface area contributed by atoms with Crippen molar-refractivity contribution < 1.29 is 9.53 Å². The van der Waals surface area contributed by atoms with Gasteiger partial charge in [-0.05, 0) is 74.9 Å². The minimum absolute atomic E-state index is 0. The Bertz CT molecular complexity index is 831. The zero-order valence-electron chi connectivity index (χ0n) is 17.2. The van der Waals surface area contributed by atoms with Crippen LogP contribution in [0.2, 0.25) is 0 Å². The minimum atomic E-state index is 0. The molecule has 4 nitrogen and oxygen atoms in total. The summed E-state index contributed by atoms with van der Waals surface area (Å²) in [6, 6.07) is 16.4. The second kappa shape index (κ2) is 9.19. The van der Waals surface area contributed by atoms with Crippen molar-refractivity contribution in [2.75, 3.05) is 13.1 Å². The van der Waals surface area contributed by atoms with Gasteiger partial charge in [-0.3, -0.25) is 4.79 Å². The highest BCUT2D eigenvalue weighted by Gasteiger charge is 2.57. The highest BCUT2D eigenvalue weighted by Crippen LogP contribution is 2.58. The van der Waals surface area contributed by atoms with E-state index in [0.29, 0.717) is 6.61 Å². The number of carbonyl (C=O) groups excluding carboxylic acids is 1. The molecule has 156 valence electrons. The van der Waals surface area contributed by atoms with Gasteiger partial charge in [0.25, 0.3) is 0 Å². The Balaban J connectivity index is 0.00000240. The van der Waals surface area contributed by atoms with Crippen LogP contribution in [0.1, 0.15) is 48.9 Å². The van der Waals surface area contributed by atoms with E-state index in [-0.39, 0.29) is 35.7 Å². The third-order valence-electron chi connectivity index (χ3n) is 6.33. The van der Waals surface area contributed by atoms with Crippen LogP contribution in [0, 0.1) is 18.3 Å². The highest BCUT2D eigenvalue weighted by atomic mass is 35.5. The number of hydrogen-bond donors (Lipinski definition) is 2. The van der Waals surface area contributed by atoms with E-state index in [4.69, 9.17) is 4.74 Å². The van der Waals surface area contributed by atoms with E-state index < -0.39 is 0 Å². The lowest BCUT2D eigenvalue weighted by Crippen LogP contribution is -2.34. The van der Waals surface area contributed by atoms with E-state index in [9.17, 15) is 4.79 Å². The largest absolute Gasteiger partial charge is 0.489 e. The third-order valence-corrected chi connectivity index (χ3v) is 6.33. The fraction of sp³-hybridized carbons (Fsp3) is 0.458. The van der Waals surface area contributed by atoms with E-state index in [1.54, 1.807) is 0 Å². The normalized spacial score (nSPS) is 20.4. The molecule has 1 aliphatic carbocycles. The Morgan fingerprint density at radius 3 is 2.62 bits per heavy atom. The van der Waals surface area contributed by atoms with Crippen molar-refractivity contribution in [1.29, 1.82) is 0 Å². The molecular weight excluding hydrogens is 384 g/mol. The predicted octanol–water partition coefficient (Wildman–Crippen LogP) is 4.56. The van der Waals surface area contributed by atoms with Crippen LogP contribution in [0.4, 0.5) is 0 Å². The smallest absolute Gasteiger partial charge is 0.224 e. The summed E-state index contributed by atoms with van der Waals surface area (Å²) >= 11 is 0. The van der Waals surface area contributed by atoms with Gasteiger partial charge >= 0.3 is 0 Å².